The zero-order valence-corrected chi connectivity index (χ0v) is 11.8. The van der Waals surface area contributed by atoms with Crippen molar-refractivity contribution in [3.05, 3.63) is 28.2 Å². The highest BCUT2D eigenvalue weighted by molar-refractivity contribution is 9.10. The number of aliphatic hydroxyl groups excluding tert-OH is 1. The average molecular weight is 338 g/mol. The van der Waals surface area contributed by atoms with Crippen molar-refractivity contribution in [3.8, 4) is 0 Å². The Bertz CT molecular complexity index is 450. The Morgan fingerprint density at radius 2 is 2.05 bits per heavy atom. The zero-order valence-electron chi connectivity index (χ0n) is 10.2. The molecule has 0 radical (unpaired) electrons. The van der Waals surface area contributed by atoms with Crippen molar-refractivity contribution < 1.29 is 18.3 Å². The number of hydrogen-bond donors (Lipinski definition) is 2. The zero-order chi connectivity index (χ0) is 14.0. The molecule has 1 aromatic rings. The van der Waals surface area contributed by atoms with Gasteiger partial charge in [-0.15, -0.1) is 0 Å². The van der Waals surface area contributed by atoms with Crippen LogP contribution in [0.2, 0.25) is 0 Å². The molecule has 19 heavy (non-hydrogen) atoms. The maximum absolute atomic E-state index is 12.8. The number of alkyl halides is 3. The molecule has 1 aliphatic rings. The molecule has 6 heteroatoms. The smallest absolute Gasteiger partial charge is 0.393 e. The van der Waals surface area contributed by atoms with Crippen molar-refractivity contribution in [3.63, 3.8) is 0 Å². The Morgan fingerprint density at radius 3 is 2.63 bits per heavy atom. The molecule has 0 heterocycles. The van der Waals surface area contributed by atoms with Crippen molar-refractivity contribution >= 4 is 21.6 Å². The van der Waals surface area contributed by atoms with Gasteiger partial charge in [0.1, 0.15) is 0 Å². The van der Waals surface area contributed by atoms with E-state index in [0.29, 0.717) is 17.4 Å². The SMILES string of the molecule is OC1CCC(CNc2cc(Br)ccc2C(F)(F)F)C1. The molecule has 1 aromatic carbocycles. The van der Waals surface area contributed by atoms with Crippen molar-refractivity contribution in [1.82, 2.24) is 0 Å². The van der Waals surface area contributed by atoms with Crippen molar-refractivity contribution in [2.45, 2.75) is 31.5 Å². The molecule has 1 aliphatic carbocycles. The molecule has 0 spiro atoms. The number of nitrogens with one attached hydrogen (secondary N) is 1. The van der Waals surface area contributed by atoms with Gasteiger partial charge in [-0.2, -0.15) is 13.2 Å². The predicted molar refractivity (Wildman–Crippen MR) is 71.0 cm³/mol. The summed E-state index contributed by atoms with van der Waals surface area (Å²) in [6, 6.07) is 3.89. The Balaban J connectivity index is 2.08. The van der Waals surface area contributed by atoms with Gasteiger partial charge in [0.15, 0.2) is 0 Å². The lowest BCUT2D eigenvalue weighted by atomic mass is 10.1. The minimum atomic E-state index is -4.36. The Hall–Kier alpha value is -0.750. The van der Waals surface area contributed by atoms with Gasteiger partial charge in [0.2, 0.25) is 0 Å². The third kappa shape index (κ3) is 3.86. The van der Waals surface area contributed by atoms with E-state index >= 15 is 0 Å². The quantitative estimate of drug-likeness (QED) is 0.872. The Labute approximate surface area is 118 Å². The van der Waals surface area contributed by atoms with Gasteiger partial charge in [0.25, 0.3) is 0 Å². The molecule has 2 N–H and O–H groups in total. The molecule has 1 fully saturated rings. The van der Waals surface area contributed by atoms with Crippen molar-refractivity contribution in [2.75, 3.05) is 11.9 Å². The van der Waals surface area contributed by atoms with Gasteiger partial charge >= 0.3 is 6.18 Å². The van der Waals surface area contributed by atoms with E-state index in [2.05, 4.69) is 21.2 Å². The Morgan fingerprint density at radius 1 is 1.32 bits per heavy atom. The van der Waals surface area contributed by atoms with Crippen LogP contribution in [0.1, 0.15) is 24.8 Å². The highest BCUT2D eigenvalue weighted by Crippen LogP contribution is 2.36. The second-order valence-electron chi connectivity index (χ2n) is 4.90. The lowest BCUT2D eigenvalue weighted by Gasteiger charge is -2.17. The standard InChI is InChI=1S/C13H15BrF3NO/c14-9-2-4-11(13(15,16)17)12(6-9)18-7-8-1-3-10(19)5-8/h2,4,6,8,10,18-19H,1,3,5,7H2. The first-order valence-electron chi connectivity index (χ1n) is 6.15. The lowest BCUT2D eigenvalue weighted by molar-refractivity contribution is -0.137. The molecular formula is C13H15BrF3NO. The topological polar surface area (TPSA) is 32.3 Å². The molecule has 0 aromatic heterocycles. The molecule has 0 aliphatic heterocycles. The third-order valence-corrected chi connectivity index (χ3v) is 3.88. The van der Waals surface area contributed by atoms with Gasteiger partial charge < -0.3 is 10.4 Å². The summed E-state index contributed by atoms with van der Waals surface area (Å²) in [6.07, 6.45) is -2.43. The second kappa shape index (κ2) is 5.71. The molecule has 106 valence electrons. The number of aliphatic hydroxyl groups is 1. The van der Waals surface area contributed by atoms with Crippen molar-refractivity contribution in [1.29, 1.82) is 0 Å². The number of anilines is 1. The summed E-state index contributed by atoms with van der Waals surface area (Å²) in [5, 5.41) is 12.3. The number of benzene rings is 1. The van der Waals surface area contributed by atoms with Crippen molar-refractivity contribution in [2.24, 2.45) is 5.92 Å². The van der Waals surface area contributed by atoms with Crippen LogP contribution in [-0.4, -0.2) is 17.8 Å². The molecule has 2 nitrogen and oxygen atoms in total. The lowest BCUT2D eigenvalue weighted by Crippen LogP contribution is -2.16. The van der Waals surface area contributed by atoms with E-state index in [1.54, 1.807) is 0 Å². The monoisotopic (exact) mass is 337 g/mol. The summed E-state index contributed by atoms with van der Waals surface area (Å²) in [6.45, 7) is 0.455. The van der Waals surface area contributed by atoms with E-state index in [4.69, 9.17) is 0 Å². The van der Waals surface area contributed by atoms with E-state index < -0.39 is 11.7 Å². The van der Waals surface area contributed by atoms with Gasteiger partial charge in [-0.25, -0.2) is 0 Å². The van der Waals surface area contributed by atoms with Gasteiger partial charge in [-0.05, 0) is 43.4 Å². The van der Waals surface area contributed by atoms with E-state index in [-0.39, 0.29) is 17.7 Å². The molecule has 2 unspecified atom stereocenters. The molecular weight excluding hydrogens is 323 g/mol. The molecule has 0 saturated heterocycles. The predicted octanol–water partition coefficient (Wildman–Crippen LogP) is 4.04. The summed E-state index contributed by atoms with van der Waals surface area (Å²) < 4.78 is 39.1. The van der Waals surface area contributed by atoms with Crippen LogP contribution in [0.25, 0.3) is 0 Å². The summed E-state index contributed by atoms with van der Waals surface area (Å²) >= 11 is 3.18. The first-order chi connectivity index (χ1) is 8.86. The van der Waals surface area contributed by atoms with Crippen LogP contribution < -0.4 is 5.32 Å². The van der Waals surface area contributed by atoms with E-state index in [1.807, 2.05) is 0 Å². The fourth-order valence-corrected chi connectivity index (χ4v) is 2.76. The largest absolute Gasteiger partial charge is 0.418 e. The molecule has 0 bridgehead atoms. The molecule has 0 amide bonds. The summed E-state index contributed by atoms with van der Waals surface area (Å²) in [5.74, 6) is 0.232. The maximum atomic E-state index is 12.8. The minimum absolute atomic E-state index is 0.0864. The molecule has 2 atom stereocenters. The number of halogens is 4. The minimum Gasteiger partial charge on any atom is -0.393 e. The molecule has 2 rings (SSSR count). The number of rotatable bonds is 3. The summed E-state index contributed by atoms with van der Waals surface area (Å²) in [4.78, 5) is 0. The maximum Gasteiger partial charge on any atom is 0.418 e. The van der Waals surface area contributed by atoms with Crippen LogP contribution in [0.5, 0.6) is 0 Å². The van der Waals surface area contributed by atoms with Crippen LogP contribution in [0.3, 0.4) is 0 Å². The third-order valence-electron chi connectivity index (χ3n) is 3.38. The first-order valence-corrected chi connectivity index (χ1v) is 6.94. The normalized spacial score (nSPS) is 23.6. The van der Waals surface area contributed by atoms with Crippen LogP contribution >= 0.6 is 15.9 Å². The fourth-order valence-electron chi connectivity index (χ4n) is 2.40. The highest BCUT2D eigenvalue weighted by Gasteiger charge is 2.33. The van der Waals surface area contributed by atoms with E-state index in [1.165, 1.54) is 12.1 Å². The van der Waals surface area contributed by atoms with Gasteiger partial charge in [0, 0.05) is 16.7 Å². The van der Waals surface area contributed by atoms with Crippen LogP contribution in [0.4, 0.5) is 18.9 Å². The second-order valence-corrected chi connectivity index (χ2v) is 5.82. The van der Waals surface area contributed by atoms with E-state index in [0.717, 1.165) is 18.9 Å². The Kier molecular flexibility index (Phi) is 4.40. The van der Waals surface area contributed by atoms with Crippen LogP contribution in [0.15, 0.2) is 22.7 Å². The van der Waals surface area contributed by atoms with E-state index in [9.17, 15) is 18.3 Å². The molecule has 1 saturated carbocycles. The van der Waals surface area contributed by atoms with Crippen LogP contribution in [-0.2, 0) is 6.18 Å². The summed E-state index contributed by atoms with van der Waals surface area (Å²) in [7, 11) is 0. The first kappa shape index (κ1) is 14.7. The fraction of sp³-hybridized carbons (Fsp3) is 0.538. The highest BCUT2D eigenvalue weighted by atomic mass is 79.9. The van der Waals surface area contributed by atoms with Gasteiger partial charge in [0.05, 0.1) is 11.7 Å². The number of hydrogen-bond acceptors (Lipinski definition) is 2. The van der Waals surface area contributed by atoms with Gasteiger partial charge in [-0.3, -0.25) is 0 Å². The van der Waals surface area contributed by atoms with Gasteiger partial charge in [-0.1, -0.05) is 15.9 Å². The summed E-state index contributed by atoms with van der Waals surface area (Å²) in [5.41, 5.74) is -0.572. The average Bonchev–Trinajstić information content (AvgIpc) is 2.71. The van der Waals surface area contributed by atoms with Crippen LogP contribution in [0, 0.1) is 5.92 Å².